The molecular weight excluding hydrogens is 200 g/mol. The second kappa shape index (κ2) is 5.51. The molecule has 0 amide bonds. The van der Waals surface area contributed by atoms with Crippen molar-refractivity contribution in [3.63, 3.8) is 0 Å². The van der Waals surface area contributed by atoms with E-state index in [9.17, 15) is 0 Å². The molecule has 2 atom stereocenters. The maximum absolute atomic E-state index is 5.52. The fraction of sp³-hybridized carbons (Fsp3) is 0.692. The molecular formula is C13H22N2O. The van der Waals surface area contributed by atoms with Crippen LogP contribution in [0, 0.1) is 0 Å². The predicted molar refractivity (Wildman–Crippen MR) is 65.4 cm³/mol. The summed E-state index contributed by atoms with van der Waals surface area (Å²) < 4.78 is 5.52. The van der Waals surface area contributed by atoms with Crippen LogP contribution in [0.5, 0.6) is 0 Å². The Balaban J connectivity index is 2.05. The Bertz CT molecular complexity index is 291. The SMILES string of the molecule is CCCN(C1CCNC1)C(C)c1ccco1. The fourth-order valence-electron chi connectivity index (χ4n) is 2.57. The third-order valence-corrected chi connectivity index (χ3v) is 3.44. The first-order chi connectivity index (χ1) is 7.83. The largest absolute Gasteiger partial charge is 0.468 e. The minimum atomic E-state index is 0.389. The van der Waals surface area contributed by atoms with Gasteiger partial charge in [0.15, 0.2) is 0 Å². The minimum absolute atomic E-state index is 0.389. The van der Waals surface area contributed by atoms with Crippen LogP contribution in [0.25, 0.3) is 0 Å². The monoisotopic (exact) mass is 222 g/mol. The van der Waals surface area contributed by atoms with E-state index in [4.69, 9.17) is 4.42 Å². The maximum Gasteiger partial charge on any atom is 0.120 e. The van der Waals surface area contributed by atoms with Crippen LogP contribution in [0.15, 0.2) is 22.8 Å². The molecule has 2 unspecified atom stereocenters. The van der Waals surface area contributed by atoms with Crippen LogP contribution >= 0.6 is 0 Å². The summed E-state index contributed by atoms with van der Waals surface area (Å²) in [6, 6.07) is 5.11. The van der Waals surface area contributed by atoms with Gasteiger partial charge in [-0.15, -0.1) is 0 Å². The molecule has 1 N–H and O–H groups in total. The van der Waals surface area contributed by atoms with Crippen LogP contribution in [-0.2, 0) is 0 Å². The molecule has 0 bridgehead atoms. The molecule has 90 valence electrons. The molecule has 1 aliphatic rings. The van der Waals surface area contributed by atoms with Crippen LogP contribution in [-0.4, -0.2) is 30.6 Å². The minimum Gasteiger partial charge on any atom is -0.468 e. The van der Waals surface area contributed by atoms with Crippen LogP contribution in [0.1, 0.15) is 38.5 Å². The normalized spacial score (nSPS) is 22.8. The quantitative estimate of drug-likeness (QED) is 0.829. The molecule has 0 radical (unpaired) electrons. The summed E-state index contributed by atoms with van der Waals surface area (Å²) >= 11 is 0. The molecule has 0 saturated carbocycles. The van der Waals surface area contributed by atoms with Gasteiger partial charge in [-0.1, -0.05) is 6.92 Å². The van der Waals surface area contributed by atoms with Crippen molar-refractivity contribution in [1.82, 2.24) is 10.2 Å². The van der Waals surface area contributed by atoms with E-state index in [0.29, 0.717) is 12.1 Å². The van der Waals surface area contributed by atoms with Crippen molar-refractivity contribution >= 4 is 0 Å². The van der Waals surface area contributed by atoms with Gasteiger partial charge in [0, 0.05) is 12.6 Å². The Morgan fingerprint density at radius 3 is 3.06 bits per heavy atom. The molecule has 3 nitrogen and oxygen atoms in total. The highest BCUT2D eigenvalue weighted by molar-refractivity contribution is 5.04. The molecule has 1 fully saturated rings. The zero-order chi connectivity index (χ0) is 11.4. The lowest BCUT2D eigenvalue weighted by atomic mass is 10.1. The van der Waals surface area contributed by atoms with Gasteiger partial charge in [-0.3, -0.25) is 4.90 Å². The van der Waals surface area contributed by atoms with E-state index in [1.54, 1.807) is 6.26 Å². The van der Waals surface area contributed by atoms with Crippen molar-refractivity contribution in [1.29, 1.82) is 0 Å². The topological polar surface area (TPSA) is 28.4 Å². The molecule has 2 heterocycles. The molecule has 1 aromatic heterocycles. The molecule has 0 aromatic carbocycles. The van der Waals surface area contributed by atoms with Crippen LogP contribution in [0.2, 0.25) is 0 Å². The van der Waals surface area contributed by atoms with E-state index >= 15 is 0 Å². The first-order valence-electron chi connectivity index (χ1n) is 6.32. The van der Waals surface area contributed by atoms with Gasteiger partial charge >= 0.3 is 0 Å². The predicted octanol–water partition coefficient (Wildman–Crippen LogP) is 2.41. The molecule has 0 aliphatic carbocycles. The van der Waals surface area contributed by atoms with Gasteiger partial charge in [-0.2, -0.15) is 0 Å². The number of furan rings is 1. The van der Waals surface area contributed by atoms with E-state index < -0.39 is 0 Å². The Morgan fingerprint density at radius 1 is 1.62 bits per heavy atom. The van der Waals surface area contributed by atoms with Crippen LogP contribution < -0.4 is 5.32 Å². The Kier molecular flexibility index (Phi) is 4.02. The molecule has 16 heavy (non-hydrogen) atoms. The molecule has 2 rings (SSSR count). The highest BCUT2D eigenvalue weighted by Gasteiger charge is 2.27. The number of rotatable bonds is 5. The van der Waals surface area contributed by atoms with Gasteiger partial charge in [-0.25, -0.2) is 0 Å². The van der Waals surface area contributed by atoms with E-state index in [2.05, 4.69) is 30.1 Å². The highest BCUT2D eigenvalue weighted by Crippen LogP contribution is 2.25. The van der Waals surface area contributed by atoms with Gasteiger partial charge in [0.25, 0.3) is 0 Å². The van der Waals surface area contributed by atoms with Crippen molar-refractivity contribution in [2.75, 3.05) is 19.6 Å². The van der Waals surface area contributed by atoms with E-state index in [-0.39, 0.29) is 0 Å². The maximum atomic E-state index is 5.52. The Labute approximate surface area is 97.8 Å². The lowest BCUT2D eigenvalue weighted by molar-refractivity contribution is 0.137. The molecule has 1 aliphatic heterocycles. The lowest BCUT2D eigenvalue weighted by Gasteiger charge is -2.32. The standard InChI is InChI=1S/C13H22N2O/c1-3-8-15(12-6-7-14-10-12)11(2)13-5-4-9-16-13/h4-5,9,11-12,14H,3,6-8,10H2,1-2H3. The average Bonchev–Trinajstić information content (AvgIpc) is 2.96. The Hall–Kier alpha value is -0.800. The van der Waals surface area contributed by atoms with Crippen molar-refractivity contribution in [2.24, 2.45) is 0 Å². The summed E-state index contributed by atoms with van der Waals surface area (Å²) in [5, 5.41) is 3.44. The smallest absolute Gasteiger partial charge is 0.120 e. The highest BCUT2D eigenvalue weighted by atomic mass is 16.3. The average molecular weight is 222 g/mol. The van der Waals surface area contributed by atoms with Crippen molar-refractivity contribution in [3.05, 3.63) is 24.2 Å². The van der Waals surface area contributed by atoms with Gasteiger partial charge in [0.05, 0.1) is 12.3 Å². The van der Waals surface area contributed by atoms with Crippen LogP contribution in [0.3, 0.4) is 0 Å². The number of hydrogen-bond donors (Lipinski definition) is 1. The molecule has 1 aromatic rings. The summed E-state index contributed by atoms with van der Waals surface area (Å²) in [7, 11) is 0. The first kappa shape index (κ1) is 11.7. The second-order valence-electron chi connectivity index (χ2n) is 4.58. The lowest BCUT2D eigenvalue weighted by Crippen LogP contribution is -2.39. The zero-order valence-electron chi connectivity index (χ0n) is 10.3. The van der Waals surface area contributed by atoms with E-state index in [1.165, 1.54) is 12.8 Å². The van der Waals surface area contributed by atoms with Crippen molar-refractivity contribution < 1.29 is 4.42 Å². The first-order valence-corrected chi connectivity index (χ1v) is 6.32. The number of nitrogens with zero attached hydrogens (tertiary/aromatic N) is 1. The number of nitrogens with one attached hydrogen (secondary N) is 1. The molecule has 0 spiro atoms. The van der Waals surface area contributed by atoms with Crippen molar-refractivity contribution in [3.8, 4) is 0 Å². The summed E-state index contributed by atoms with van der Waals surface area (Å²) in [5.74, 6) is 1.08. The van der Waals surface area contributed by atoms with Gasteiger partial charge < -0.3 is 9.73 Å². The van der Waals surface area contributed by atoms with Gasteiger partial charge in [0.2, 0.25) is 0 Å². The zero-order valence-corrected chi connectivity index (χ0v) is 10.3. The van der Waals surface area contributed by atoms with Crippen LogP contribution in [0.4, 0.5) is 0 Å². The third kappa shape index (κ3) is 2.47. The Morgan fingerprint density at radius 2 is 2.50 bits per heavy atom. The van der Waals surface area contributed by atoms with Gasteiger partial charge in [0.1, 0.15) is 5.76 Å². The summed E-state index contributed by atoms with van der Waals surface area (Å²) in [4.78, 5) is 2.57. The van der Waals surface area contributed by atoms with Gasteiger partial charge in [-0.05, 0) is 45.0 Å². The fourth-order valence-corrected chi connectivity index (χ4v) is 2.57. The summed E-state index contributed by atoms with van der Waals surface area (Å²) in [5.41, 5.74) is 0. The van der Waals surface area contributed by atoms with E-state index in [0.717, 1.165) is 25.4 Å². The molecule has 1 saturated heterocycles. The number of hydrogen-bond acceptors (Lipinski definition) is 3. The van der Waals surface area contributed by atoms with Crippen molar-refractivity contribution in [2.45, 2.75) is 38.8 Å². The summed E-state index contributed by atoms with van der Waals surface area (Å²) in [6.45, 7) is 7.89. The van der Waals surface area contributed by atoms with E-state index in [1.807, 2.05) is 6.07 Å². The molecule has 3 heteroatoms. The third-order valence-electron chi connectivity index (χ3n) is 3.44. The second-order valence-corrected chi connectivity index (χ2v) is 4.58. The summed E-state index contributed by atoms with van der Waals surface area (Å²) in [6.07, 6.45) is 4.22.